The van der Waals surface area contributed by atoms with Crippen LogP contribution in [0.1, 0.15) is 31.9 Å². The van der Waals surface area contributed by atoms with Crippen molar-refractivity contribution in [2.24, 2.45) is 4.99 Å². The number of para-hydroxylation sites is 1. The largest absolute Gasteiger partial charge is 0.507 e. The van der Waals surface area contributed by atoms with Crippen molar-refractivity contribution in [1.82, 2.24) is 0 Å². The fourth-order valence-electron chi connectivity index (χ4n) is 2.30. The average molecular weight is 357 g/mol. The lowest BCUT2D eigenvalue weighted by Crippen LogP contribution is -2.12. The van der Waals surface area contributed by atoms with Crippen LogP contribution in [-0.2, 0) is 11.8 Å². The van der Waals surface area contributed by atoms with Gasteiger partial charge < -0.3 is 5.11 Å². The molecule has 0 spiro atoms. The molecule has 0 aliphatic carbocycles. The van der Waals surface area contributed by atoms with Crippen LogP contribution in [0.4, 0.5) is 27.6 Å². The monoisotopic (exact) mass is 357 g/mol. The molecule has 0 radical (unpaired) electrons. The molecule has 2 nitrogen and oxygen atoms in total. The summed E-state index contributed by atoms with van der Waals surface area (Å²) < 4.78 is 66.3. The molecule has 0 heterocycles. The first-order chi connectivity index (χ1) is 11.6. The summed E-state index contributed by atoms with van der Waals surface area (Å²) >= 11 is 0. The summed E-state index contributed by atoms with van der Waals surface area (Å²) in [5, 5.41) is 10.3. The number of phenols is 1. The molecule has 0 saturated heterocycles. The van der Waals surface area contributed by atoms with E-state index in [1.54, 1.807) is 18.2 Å². The number of hydrogen-bond acceptors (Lipinski definition) is 2. The molecule has 0 aromatic heterocycles. The molecule has 2 aromatic carbocycles. The number of rotatable bonds is 3. The number of aromatic hydroxyl groups is 1. The highest BCUT2D eigenvalue weighted by atomic mass is 19.2. The second kappa shape index (κ2) is 6.82. The number of benzene rings is 2. The third-order valence-corrected chi connectivity index (χ3v) is 3.65. The average Bonchev–Trinajstić information content (AvgIpc) is 2.54. The molecule has 0 bridgehead atoms. The van der Waals surface area contributed by atoms with E-state index in [2.05, 4.69) is 4.99 Å². The van der Waals surface area contributed by atoms with Gasteiger partial charge in [-0.25, -0.2) is 22.0 Å². The highest BCUT2D eigenvalue weighted by Crippen LogP contribution is 2.33. The quantitative estimate of drug-likeness (QED) is 0.342. The molecule has 1 N–H and O–H groups in total. The third-order valence-electron chi connectivity index (χ3n) is 3.65. The normalized spacial score (nSPS) is 12.2. The van der Waals surface area contributed by atoms with E-state index >= 15 is 0 Å². The SMILES string of the molecule is CC(C)(C)c1cccc(CC=Nc2c(F)c(F)c(F)c(F)c2F)c1O. The molecular formula is C18H16F5NO. The van der Waals surface area contributed by atoms with Crippen LogP contribution in [0.2, 0.25) is 0 Å². The number of halogens is 5. The van der Waals surface area contributed by atoms with Crippen LogP contribution in [0, 0.1) is 29.1 Å². The number of phenolic OH excluding ortho intramolecular Hbond substituents is 1. The van der Waals surface area contributed by atoms with Gasteiger partial charge in [-0.05, 0) is 16.5 Å². The van der Waals surface area contributed by atoms with Crippen molar-refractivity contribution in [2.45, 2.75) is 32.6 Å². The van der Waals surface area contributed by atoms with Gasteiger partial charge >= 0.3 is 0 Å². The van der Waals surface area contributed by atoms with Gasteiger partial charge in [0.15, 0.2) is 23.3 Å². The van der Waals surface area contributed by atoms with Gasteiger partial charge in [0.2, 0.25) is 5.82 Å². The predicted octanol–water partition coefficient (Wildman–Crippen LogP) is 5.33. The molecule has 0 atom stereocenters. The van der Waals surface area contributed by atoms with E-state index in [-0.39, 0.29) is 17.6 Å². The Morgan fingerprint density at radius 3 is 1.96 bits per heavy atom. The van der Waals surface area contributed by atoms with Crippen molar-refractivity contribution in [3.05, 3.63) is 58.4 Å². The minimum atomic E-state index is -2.23. The van der Waals surface area contributed by atoms with E-state index in [0.29, 0.717) is 11.1 Å². The molecule has 0 fully saturated rings. The van der Waals surface area contributed by atoms with Crippen LogP contribution >= 0.6 is 0 Å². The second-order valence-corrected chi connectivity index (χ2v) is 6.50. The Morgan fingerprint density at radius 1 is 0.920 bits per heavy atom. The van der Waals surface area contributed by atoms with Gasteiger partial charge in [0.1, 0.15) is 11.4 Å². The molecule has 0 aliphatic rings. The standard InChI is InChI=1S/C18H16F5NO/c1-18(2,3)10-6-4-5-9(17(10)25)7-8-24-16-14(22)12(20)11(19)13(21)15(16)23/h4-6,8,25H,7H2,1-3H3. The van der Waals surface area contributed by atoms with Crippen LogP contribution in [0.25, 0.3) is 0 Å². The number of hydrogen-bond donors (Lipinski definition) is 1. The minimum Gasteiger partial charge on any atom is -0.507 e. The Labute approximate surface area is 141 Å². The molecule has 2 aromatic rings. The molecule has 7 heteroatoms. The Hall–Kier alpha value is -2.44. The lowest BCUT2D eigenvalue weighted by atomic mass is 9.85. The van der Waals surface area contributed by atoms with Gasteiger partial charge in [0.25, 0.3) is 0 Å². The van der Waals surface area contributed by atoms with E-state index in [0.717, 1.165) is 6.21 Å². The van der Waals surface area contributed by atoms with Crippen LogP contribution in [0.3, 0.4) is 0 Å². The van der Waals surface area contributed by atoms with Crippen LogP contribution in [-0.4, -0.2) is 11.3 Å². The highest BCUT2D eigenvalue weighted by Gasteiger charge is 2.25. The Kier molecular flexibility index (Phi) is 5.15. The van der Waals surface area contributed by atoms with Crippen LogP contribution in [0.5, 0.6) is 5.75 Å². The van der Waals surface area contributed by atoms with Crippen molar-refractivity contribution in [3.8, 4) is 5.75 Å². The number of aliphatic imine (C=N–C) groups is 1. The predicted molar refractivity (Wildman–Crippen MR) is 84.9 cm³/mol. The maximum Gasteiger partial charge on any atom is 0.200 e. The summed E-state index contributed by atoms with van der Waals surface area (Å²) in [6.45, 7) is 5.69. The van der Waals surface area contributed by atoms with Crippen molar-refractivity contribution < 1.29 is 27.1 Å². The van der Waals surface area contributed by atoms with E-state index < -0.39 is 34.8 Å². The first kappa shape index (κ1) is 18.9. The Morgan fingerprint density at radius 2 is 1.44 bits per heavy atom. The topological polar surface area (TPSA) is 32.6 Å². The van der Waals surface area contributed by atoms with E-state index in [1.807, 2.05) is 20.8 Å². The third kappa shape index (κ3) is 3.65. The highest BCUT2D eigenvalue weighted by molar-refractivity contribution is 5.68. The maximum absolute atomic E-state index is 13.5. The van der Waals surface area contributed by atoms with Gasteiger partial charge in [0.05, 0.1) is 0 Å². The van der Waals surface area contributed by atoms with Crippen molar-refractivity contribution in [3.63, 3.8) is 0 Å². The molecular weight excluding hydrogens is 341 g/mol. The fourth-order valence-corrected chi connectivity index (χ4v) is 2.30. The van der Waals surface area contributed by atoms with E-state index in [4.69, 9.17) is 0 Å². The summed E-state index contributed by atoms with van der Waals surface area (Å²) in [6.07, 6.45) is 0.940. The smallest absolute Gasteiger partial charge is 0.200 e. The molecule has 134 valence electrons. The fraction of sp³-hybridized carbons (Fsp3) is 0.278. The van der Waals surface area contributed by atoms with Gasteiger partial charge in [0, 0.05) is 12.6 Å². The first-order valence-corrected chi connectivity index (χ1v) is 7.41. The number of nitrogens with zero attached hydrogens (tertiary/aromatic N) is 1. The zero-order valence-corrected chi connectivity index (χ0v) is 13.8. The van der Waals surface area contributed by atoms with Crippen molar-refractivity contribution in [1.29, 1.82) is 0 Å². The summed E-state index contributed by atoms with van der Waals surface area (Å²) in [6, 6.07) is 5.01. The van der Waals surface area contributed by atoms with Crippen LogP contribution < -0.4 is 0 Å². The second-order valence-electron chi connectivity index (χ2n) is 6.50. The van der Waals surface area contributed by atoms with Crippen molar-refractivity contribution in [2.75, 3.05) is 0 Å². The molecule has 25 heavy (non-hydrogen) atoms. The first-order valence-electron chi connectivity index (χ1n) is 7.41. The Bertz CT molecular complexity index is 811. The van der Waals surface area contributed by atoms with Gasteiger partial charge in [-0.1, -0.05) is 39.0 Å². The summed E-state index contributed by atoms with van der Waals surface area (Å²) in [5.41, 5.74) is -0.517. The molecule has 0 amide bonds. The molecule has 0 saturated carbocycles. The molecule has 2 rings (SSSR count). The van der Waals surface area contributed by atoms with Gasteiger partial charge in [-0.3, -0.25) is 4.99 Å². The van der Waals surface area contributed by atoms with Crippen LogP contribution in [0.15, 0.2) is 23.2 Å². The zero-order valence-electron chi connectivity index (χ0n) is 13.8. The van der Waals surface area contributed by atoms with Gasteiger partial charge in [-0.15, -0.1) is 0 Å². The summed E-state index contributed by atoms with van der Waals surface area (Å²) in [7, 11) is 0. The van der Waals surface area contributed by atoms with E-state index in [1.165, 1.54) is 0 Å². The zero-order chi connectivity index (χ0) is 18.9. The summed E-state index contributed by atoms with van der Waals surface area (Å²) in [5.74, 6) is -10.3. The molecule has 0 unspecified atom stereocenters. The van der Waals surface area contributed by atoms with E-state index in [9.17, 15) is 27.1 Å². The molecule has 0 aliphatic heterocycles. The van der Waals surface area contributed by atoms with Crippen molar-refractivity contribution >= 4 is 11.9 Å². The Balaban J connectivity index is 2.35. The maximum atomic E-state index is 13.5. The van der Waals surface area contributed by atoms with Gasteiger partial charge in [-0.2, -0.15) is 0 Å². The summed E-state index contributed by atoms with van der Waals surface area (Å²) in [4.78, 5) is 3.36. The lowest BCUT2D eigenvalue weighted by molar-refractivity contribution is 0.381. The lowest BCUT2D eigenvalue weighted by Gasteiger charge is -2.21. The minimum absolute atomic E-state index is 0.00105.